The lowest BCUT2D eigenvalue weighted by atomic mass is 9.97. The minimum Gasteiger partial charge on any atom is -0.385 e. The molecule has 1 aliphatic rings. The summed E-state index contributed by atoms with van der Waals surface area (Å²) in [5.41, 5.74) is 0.446. The van der Waals surface area contributed by atoms with E-state index in [1.165, 1.54) is 6.42 Å². The molecule has 2 heterocycles. The molecule has 0 saturated carbocycles. The molecular weight excluding hydrogens is 242 g/mol. The highest BCUT2D eigenvalue weighted by molar-refractivity contribution is 5.92. The van der Waals surface area contributed by atoms with Gasteiger partial charge in [0.25, 0.3) is 5.91 Å². The van der Waals surface area contributed by atoms with Crippen LogP contribution in [0.2, 0.25) is 0 Å². The molecule has 5 nitrogen and oxygen atoms in total. The van der Waals surface area contributed by atoms with Gasteiger partial charge in [0.2, 0.25) is 0 Å². The lowest BCUT2D eigenvalue weighted by Gasteiger charge is -2.35. The standard InChI is InChI=1S/C14H21N3O2/c1-19-10-4-6-12-5-2-3-9-17(12)14(18)13-11-15-7-8-16-13/h7-8,11-12H,2-6,9-10H2,1H3/t12-/m1/s1. The second-order valence-corrected chi connectivity index (χ2v) is 4.87. The van der Waals surface area contributed by atoms with Crippen LogP contribution >= 0.6 is 0 Å². The van der Waals surface area contributed by atoms with Crippen LogP contribution in [0.3, 0.4) is 0 Å². The number of piperidine rings is 1. The summed E-state index contributed by atoms with van der Waals surface area (Å²) in [6, 6.07) is 0.318. The fourth-order valence-electron chi connectivity index (χ4n) is 2.59. The summed E-state index contributed by atoms with van der Waals surface area (Å²) in [7, 11) is 1.71. The lowest BCUT2D eigenvalue weighted by molar-refractivity contribution is 0.0578. The third kappa shape index (κ3) is 3.73. The van der Waals surface area contributed by atoms with Gasteiger partial charge in [0, 0.05) is 38.7 Å². The highest BCUT2D eigenvalue weighted by atomic mass is 16.5. The molecule has 0 unspecified atom stereocenters. The van der Waals surface area contributed by atoms with Gasteiger partial charge in [-0.2, -0.15) is 0 Å². The van der Waals surface area contributed by atoms with E-state index in [0.717, 1.165) is 38.8 Å². The minimum absolute atomic E-state index is 0.00946. The van der Waals surface area contributed by atoms with E-state index in [4.69, 9.17) is 4.74 Å². The van der Waals surface area contributed by atoms with E-state index in [1.54, 1.807) is 25.7 Å². The molecule has 0 aliphatic carbocycles. The van der Waals surface area contributed by atoms with Gasteiger partial charge in [-0.3, -0.25) is 9.78 Å². The van der Waals surface area contributed by atoms with Gasteiger partial charge in [0.05, 0.1) is 6.20 Å². The molecule has 1 fully saturated rings. The van der Waals surface area contributed by atoms with Crippen LogP contribution in [0.25, 0.3) is 0 Å². The van der Waals surface area contributed by atoms with Gasteiger partial charge < -0.3 is 9.64 Å². The Kier molecular flexibility index (Phi) is 5.27. The molecule has 1 aliphatic heterocycles. The third-order valence-electron chi connectivity index (χ3n) is 3.56. The number of rotatable bonds is 5. The maximum absolute atomic E-state index is 12.4. The summed E-state index contributed by atoms with van der Waals surface area (Å²) >= 11 is 0. The Hall–Kier alpha value is -1.49. The Morgan fingerprint density at radius 2 is 2.37 bits per heavy atom. The zero-order valence-electron chi connectivity index (χ0n) is 11.4. The number of ether oxygens (including phenoxy) is 1. The van der Waals surface area contributed by atoms with Crippen LogP contribution in [0.1, 0.15) is 42.6 Å². The van der Waals surface area contributed by atoms with Crippen molar-refractivity contribution in [3.63, 3.8) is 0 Å². The predicted octanol–water partition coefficient (Wildman–Crippen LogP) is 1.90. The smallest absolute Gasteiger partial charge is 0.274 e. The first-order valence-corrected chi connectivity index (χ1v) is 6.89. The van der Waals surface area contributed by atoms with Gasteiger partial charge in [-0.05, 0) is 32.1 Å². The number of amides is 1. The number of carbonyl (C=O) groups is 1. The molecule has 0 radical (unpaired) electrons. The van der Waals surface area contributed by atoms with Crippen LogP contribution in [-0.2, 0) is 4.74 Å². The molecule has 0 spiro atoms. The van der Waals surface area contributed by atoms with Crippen LogP contribution < -0.4 is 0 Å². The van der Waals surface area contributed by atoms with Crippen molar-refractivity contribution in [2.45, 2.75) is 38.1 Å². The Morgan fingerprint density at radius 1 is 1.47 bits per heavy atom. The largest absolute Gasteiger partial charge is 0.385 e. The van der Waals surface area contributed by atoms with Crippen LogP contribution in [0.15, 0.2) is 18.6 Å². The zero-order chi connectivity index (χ0) is 13.5. The van der Waals surface area contributed by atoms with Gasteiger partial charge in [0.1, 0.15) is 5.69 Å². The second-order valence-electron chi connectivity index (χ2n) is 4.87. The number of carbonyl (C=O) groups excluding carboxylic acids is 1. The summed E-state index contributed by atoms with van der Waals surface area (Å²) in [5.74, 6) is 0.00946. The van der Waals surface area contributed by atoms with Crippen LogP contribution in [-0.4, -0.2) is 47.1 Å². The van der Waals surface area contributed by atoms with Gasteiger partial charge in [-0.15, -0.1) is 0 Å². The molecule has 0 N–H and O–H groups in total. The normalized spacial score (nSPS) is 19.4. The molecule has 1 aromatic heterocycles. The maximum atomic E-state index is 12.4. The van der Waals surface area contributed by atoms with Crippen molar-refractivity contribution in [2.75, 3.05) is 20.3 Å². The number of nitrogens with zero attached hydrogens (tertiary/aromatic N) is 3. The van der Waals surface area contributed by atoms with Crippen LogP contribution in [0, 0.1) is 0 Å². The first kappa shape index (κ1) is 13.9. The summed E-state index contributed by atoms with van der Waals surface area (Å²) in [6.45, 7) is 1.58. The molecule has 0 bridgehead atoms. The molecule has 0 aromatic carbocycles. The van der Waals surface area contributed by atoms with E-state index in [-0.39, 0.29) is 5.91 Å². The highest BCUT2D eigenvalue weighted by Crippen LogP contribution is 2.22. The molecule has 5 heteroatoms. The monoisotopic (exact) mass is 263 g/mol. The topological polar surface area (TPSA) is 55.3 Å². The molecule has 1 aromatic rings. The third-order valence-corrected chi connectivity index (χ3v) is 3.56. The zero-order valence-corrected chi connectivity index (χ0v) is 11.4. The summed E-state index contributed by atoms with van der Waals surface area (Å²) in [6.07, 6.45) is 10.0. The highest BCUT2D eigenvalue weighted by Gasteiger charge is 2.27. The number of hydrogen-bond acceptors (Lipinski definition) is 4. The lowest BCUT2D eigenvalue weighted by Crippen LogP contribution is -2.44. The molecule has 2 rings (SSSR count). The molecule has 19 heavy (non-hydrogen) atoms. The predicted molar refractivity (Wildman–Crippen MR) is 71.8 cm³/mol. The van der Waals surface area contributed by atoms with Crippen LogP contribution in [0.4, 0.5) is 0 Å². The van der Waals surface area contributed by atoms with E-state index in [0.29, 0.717) is 11.7 Å². The average molecular weight is 263 g/mol. The Labute approximate surface area is 114 Å². The van der Waals surface area contributed by atoms with Gasteiger partial charge in [-0.1, -0.05) is 0 Å². The van der Waals surface area contributed by atoms with Crippen molar-refractivity contribution in [1.29, 1.82) is 0 Å². The fourth-order valence-corrected chi connectivity index (χ4v) is 2.59. The van der Waals surface area contributed by atoms with Crippen molar-refractivity contribution in [3.8, 4) is 0 Å². The van der Waals surface area contributed by atoms with Crippen molar-refractivity contribution in [3.05, 3.63) is 24.3 Å². The quantitative estimate of drug-likeness (QED) is 0.761. The van der Waals surface area contributed by atoms with Crippen molar-refractivity contribution in [1.82, 2.24) is 14.9 Å². The number of methoxy groups -OCH3 is 1. The molecule has 1 saturated heterocycles. The summed E-state index contributed by atoms with van der Waals surface area (Å²) in [4.78, 5) is 22.5. The van der Waals surface area contributed by atoms with Gasteiger partial charge in [-0.25, -0.2) is 4.98 Å². The molecular formula is C14H21N3O2. The first-order valence-electron chi connectivity index (χ1n) is 6.89. The summed E-state index contributed by atoms with van der Waals surface area (Å²) in [5, 5.41) is 0. The van der Waals surface area contributed by atoms with Gasteiger partial charge in [0.15, 0.2) is 0 Å². The molecule has 104 valence electrons. The number of likely N-dealkylation sites (tertiary alicyclic amines) is 1. The van der Waals surface area contributed by atoms with E-state index in [1.807, 2.05) is 4.90 Å². The van der Waals surface area contributed by atoms with E-state index in [9.17, 15) is 4.79 Å². The Bertz CT molecular complexity index is 397. The van der Waals surface area contributed by atoms with Crippen molar-refractivity contribution in [2.24, 2.45) is 0 Å². The number of hydrogen-bond donors (Lipinski definition) is 0. The summed E-state index contributed by atoms with van der Waals surface area (Å²) < 4.78 is 5.09. The van der Waals surface area contributed by atoms with Crippen molar-refractivity contribution < 1.29 is 9.53 Å². The Balaban J connectivity index is 2.00. The Morgan fingerprint density at radius 3 is 3.11 bits per heavy atom. The first-order chi connectivity index (χ1) is 9.33. The minimum atomic E-state index is 0.00946. The van der Waals surface area contributed by atoms with Crippen molar-refractivity contribution >= 4 is 5.91 Å². The molecule has 1 amide bonds. The van der Waals surface area contributed by atoms with E-state index < -0.39 is 0 Å². The maximum Gasteiger partial charge on any atom is 0.274 e. The van der Waals surface area contributed by atoms with Crippen LogP contribution in [0.5, 0.6) is 0 Å². The number of aromatic nitrogens is 2. The molecule has 1 atom stereocenters. The van der Waals surface area contributed by atoms with Gasteiger partial charge >= 0.3 is 0 Å². The SMILES string of the molecule is COCCC[C@H]1CCCCN1C(=O)c1cnccn1. The fraction of sp³-hybridized carbons (Fsp3) is 0.643. The second kappa shape index (κ2) is 7.19. The average Bonchev–Trinajstić information content (AvgIpc) is 2.48. The van der Waals surface area contributed by atoms with E-state index in [2.05, 4.69) is 9.97 Å². The van der Waals surface area contributed by atoms with E-state index >= 15 is 0 Å².